The van der Waals surface area contributed by atoms with Gasteiger partial charge >= 0.3 is 0 Å². The number of nitrogens with zero attached hydrogens (tertiary/aromatic N) is 3. The fourth-order valence-electron chi connectivity index (χ4n) is 5.62. The van der Waals surface area contributed by atoms with Crippen molar-refractivity contribution in [1.29, 1.82) is 0 Å². The molecule has 5 rings (SSSR count). The standard InChI is InChI=1S/C31H37N5O4/c1-22-28(37)33-16-8-20-40-19-7-5-12-31(30(39)34-22)13-17-36(18-14-31)29(38)24-21-27(26-11-4-6-15-32-26)35-25-10-3-2-9-23(24)25/h2-4,6,9-11,15,21-22H,5,7-8,12-14,16-20H2,1H3,(H,33,37)(H,34,39)/t22-/m0/s1. The number of amides is 3. The summed E-state index contributed by atoms with van der Waals surface area (Å²) in [6.07, 6.45) is 5.96. The maximum Gasteiger partial charge on any atom is 0.254 e. The number of aromatic nitrogens is 2. The smallest absolute Gasteiger partial charge is 0.254 e. The summed E-state index contributed by atoms with van der Waals surface area (Å²) in [5.41, 5.74) is 2.05. The fourth-order valence-corrected chi connectivity index (χ4v) is 5.62. The molecular weight excluding hydrogens is 506 g/mol. The quantitative estimate of drug-likeness (QED) is 0.509. The Bertz CT molecular complexity index is 1350. The highest BCUT2D eigenvalue weighted by atomic mass is 16.5. The molecule has 2 saturated heterocycles. The average Bonchev–Trinajstić information content (AvgIpc) is 2.99. The average molecular weight is 544 g/mol. The van der Waals surface area contributed by atoms with Gasteiger partial charge in [0.15, 0.2) is 0 Å². The third-order valence-corrected chi connectivity index (χ3v) is 8.06. The van der Waals surface area contributed by atoms with Crippen molar-refractivity contribution in [3.8, 4) is 11.4 Å². The van der Waals surface area contributed by atoms with Gasteiger partial charge in [0.25, 0.3) is 5.91 Å². The second-order valence-electron chi connectivity index (χ2n) is 10.8. The minimum Gasteiger partial charge on any atom is -0.381 e. The van der Waals surface area contributed by atoms with Gasteiger partial charge in [0, 0.05) is 44.4 Å². The molecule has 0 bridgehead atoms. The van der Waals surface area contributed by atoms with Gasteiger partial charge in [0.1, 0.15) is 6.04 Å². The lowest BCUT2D eigenvalue weighted by atomic mass is 9.73. The summed E-state index contributed by atoms with van der Waals surface area (Å²) >= 11 is 0. The van der Waals surface area contributed by atoms with Gasteiger partial charge in [-0.3, -0.25) is 19.4 Å². The molecule has 4 heterocycles. The molecule has 2 aliphatic heterocycles. The highest BCUT2D eigenvalue weighted by Gasteiger charge is 2.42. The van der Waals surface area contributed by atoms with Gasteiger partial charge in [-0.05, 0) is 63.3 Å². The lowest BCUT2D eigenvalue weighted by Gasteiger charge is -2.41. The van der Waals surface area contributed by atoms with Crippen molar-refractivity contribution < 1.29 is 19.1 Å². The number of fused-ring (bicyclic) bond motifs is 1. The topological polar surface area (TPSA) is 114 Å². The van der Waals surface area contributed by atoms with E-state index < -0.39 is 11.5 Å². The van der Waals surface area contributed by atoms with Crippen molar-refractivity contribution in [3.05, 3.63) is 60.3 Å². The first-order chi connectivity index (χ1) is 19.5. The molecule has 1 spiro atoms. The molecule has 0 aliphatic carbocycles. The van der Waals surface area contributed by atoms with Crippen LogP contribution >= 0.6 is 0 Å². The molecular formula is C31H37N5O4. The largest absolute Gasteiger partial charge is 0.381 e. The molecule has 1 aromatic carbocycles. The van der Waals surface area contributed by atoms with Crippen molar-refractivity contribution >= 4 is 28.6 Å². The molecule has 3 amide bonds. The van der Waals surface area contributed by atoms with Crippen molar-refractivity contribution in [2.45, 2.75) is 51.5 Å². The zero-order valence-corrected chi connectivity index (χ0v) is 23.0. The Morgan fingerprint density at radius 1 is 0.975 bits per heavy atom. The summed E-state index contributed by atoms with van der Waals surface area (Å²) in [5.74, 6) is -0.374. The number of carbonyl (C=O) groups is 3. The third-order valence-electron chi connectivity index (χ3n) is 8.06. The molecule has 2 N–H and O–H groups in total. The van der Waals surface area contributed by atoms with Gasteiger partial charge < -0.3 is 20.3 Å². The molecule has 9 heteroatoms. The van der Waals surface area contributed by atoms with E-state index in [9.17, 15) is 14.4 Å². The van der Waals surface area contributed by atoms with E-state index in [1.807, 2.05) is 53.4 Å². The van der Waals surface area contributed by atoms with Crippen LogP contribution in [0.25, 0.3) is 22.3 Å². The first kappa shape index (κ1) is 27.7. The van der Waals surface area contributed by atoms with Crippen LogP contribution in [0, 0.1) is 5.41 Å². The maximum atomic E-state index is 13.9. The van der Waals surface area contributed by atoms with E-state index in [0.717, 1.165) is 30.2 Å². The Balaban J connectivity index is 1.36. The first-order valence-corrected chi connectivity index (χ1v) is 14.2. The summed E-state index contributed by atoms with van der Waals surface area (Å²) in [6.45, 7) is 4.40. The lowest BCUT2D eigenvalue weighted by molar-refractivity contribution is -0.137. The van der Waals surface area contributed by atoms with Crippen molar-refractivity contribution in [1.82, 2.24) is 25.5 Å². The number of benzene rings is 1. The van der Waals surface area contributed by atoms with Crippen LogP contribution in [-0.4, -0.2) is 71.5 Å². The van der Waals surface area contributed by atoms with E-state index >= 15 is 0 Å². The predicted octanol–water partition coefficient (Wildman–Crippen LogP) is 3.73. The molecule has 9 nitrogen and oxygen atoms in total. The Hall–Kier alpha value is -3.85. The number of rotatable bonds is 2. The SMILES string of the molecule is C[C@@H]1NC(=O)C2(CCCCOCCCNC1=O)CCN(C(=O)c1cc(-c3ccccn3)nc3ccccc13)CC2. The van der Waals surface area contributed by atoms with E-state index in [1.54, 1.807) is 13.1 Å². The minimum atomic E-state index is -0.630. The highest BCUT2D eigenvalue weighted by Crippen LogP contribution is 2.38. The fraction of sp³-hybridized carbons (Fsp3) is 0.452. The molecule has 2 aromatic heterocycles. The Kier molecular flexibility index (Phi) is 8.69. The first-order valence-electron chi connectivity index (χ1n) is 14.2. The zero-order chi connectivity index (χ0) is 28.0. The van der Waals surface area contributed by atoms with E-state index in [4.69, 9.17) is 9.72 Å². The lowest BCUT2D eigenvalue weighted by Crippen LogP contribution is -2.54. The molecule has 0 radical (unpaired) electrons. The van der Waals surface area contributed by atoms with Crippen LogP contribution in [-0.2, 0) is 14.3 Å². The monoisotopic (exact) mass is 543 g/mol. The van der Waals surface area contributed by atoms with Crippen molar-refractivity contribution in [2.24, 2.45) is 5.41 Å². The molecule has 2 fully saturated rings. The van der Waals surface area contributed by atoms with Gasteiger partial charge in [-0.1, -0.05) is 30.7 Å². The van der Waals surface area contributed by atoms with E-state index in [0.29, 0.717) is 69.1 Å². The van der Waals surface area contributed by atoms with Crippen LogP contribution < -0.4 is 10.6 Å². The minimum absolute atomic E-state index is 0.0759. The maximum absolute atomic E-state index is 13.9. The second-order valence-corrected chi connectivity index (χ2v) is 10.8. The molecule has 3 aromatic rings. The van der Waals surface area contributed by atoms with Crippen LogP contribution in [0.2, 0.25) is 0 Å². The second kappa shape index (κ2) is 12.6. The molecule has 1 atom stereocenters. The molecule has 40 heavy (non-hydrogen) atoms. The van der Waals surface area contributed by atoms with Crippen LogP contribution in [0.1, 0.15) is 55.8 Å². The number of hydrogen-bond donors (Lipinski definition) is 2. The number of para-hydroxylation sites is 1. The summed E-state index contributed by atoms with van der Waals surface area (Å²) in [7, 11) is 0. The number of pyridine rings is 2. The third kappa shape index (κ3) is 6.14. The zero-order valence-electron chi connectivity index (χ0n) is 23.0. The van der Waals surface area contributed by atoms with Gasteiger partial charge in [-0.2, -0.15) is 0 Å². The number of nitrogens with one attached hydrogen (secondary N) is 2. The summed E-state index contributed by atoms with van der Waals surface area (Å²) in [5, 5.41) is 6.64. The van der Waals surface area contributed by atoms with Crippen molar-refractivity contribution in [2.75, 3.05) is 32.8 Å². The summed E-state index contributed by atoms with van der Waals surface area (Å²) in [6, 6.07) is 14.5. The number of carbonyl (C=O) groups excluding carboxylic acids is 3. The van der Waals surface area contributed by atoms with Gasteiger partial charge in [0.05, 0.1) is 27.9 Å². The Morgan fingerprint density at radius 2 is 1.75 bits per heavy atom. The Morgan fingerprint density at radius 3 is 2.55 bits per heavy atom. The van der Waals surface area contributed by atoms with Gasteiger partial charge in [0.2, 0.25) is 11.8 Å². The summed E-state index contributed by atoms with van der Waals surface area (Å²) in [4.78, 5) is 51.1. The molecule has 0 saturated carbocycles. The van der Waals surface area contributed by atoms with E-state index in [-0.39, 0.29) is 17.7 Å². The van der Waals surface area contributed by atoms with Gasteiger partial charge in [-0.15, -0.1) is 0 Å². The van der Waals surface area contributed by atoms with Crippen molar-refractivity contribution in [3.63, 3.8) is 0 Å². The van der Waals surface area contributed by atoms with E-state index in [1.165, 1.54) is 0 Å². The van der Waals surface area contributed by atoms with E-state index in [2.05, 4.69) is 15.6 Å². The van der Waals surface area contributed by atoms with Crippen LogP contribution in [0.5, 0.6) is 0 Å². The van der Waals surface area contributed by atoms with Gasteiger partial charge in [-0.25, -0.2) is 4.98 Å². The Labute approximate surface area is 234 Å². The number of hydrogen-bond acceptors (Lipinski definition) is 6. The van der Waals surface area contributed by atoms with Crippen LogP contribution in [0.3, 0.4) is 0 Å². The number of piperidine rings is 1. The molecule has 2 aliphatic rings. The highest BCUT2D eigenvalue weighted by molar-refractivity contribution is 6.07. The normalized spacial score (nSPS) is 20.9. The van der Waals surface area contributed by atoms with Crippen LogP contribution in [0.4, 0.5) is 0 Å². The van der Waals surface area contributed by atoms with Crippen LogP contribution in [0.15, 0.2) is 54.7 Å². The molecule has 210 valence electrons. The molecule has 0 unspecified atom stereocenters. The predicted molar refractivity (Wildman–Crippen MR) is 152 cm³/mol. The number of likely N-dealkylation sites (tertiary alicyclic amines) is 1. The number of ether oxygens (including phenoxy) is 1. The summed E-state index contributed by atoms with van der Waals surface area (Å²) < 4.78 is 5.70.